The summed E-state index contributed by atoms with van der Waals surface area (Å²) in [7, 11) is 0. The zero-order chi connectivity index (χ0) is 11.3. The molecule has 0 radical (unpaired) electrons. The van der Waals surface area contributed by atoms with E-state index in [1.165, 1.54) is 0 Å². The summed E-state index contributed by atoms with van der Waals surface area (Å²) in [4.78, 5) is 0. The van der Waals surface area contributed by atoms with Crippen molar-refractivity contribution >= 4 is 27.5 Å². The van der Waals surface area contributed by atoms with E-state index < -0.39 is 0 Å². The molecule has 0 spiro atoms. The first kappa shape index (κ1) is 12.6. The lowest BCUT2D eigenvalue weighted by Gasteiger charge is -2.13. The highest BCUT2D eigenvalue weighted by molar-refractivity contribution is 9.10. The number of nitrogens with two attached hydrogens (primary N) is 1. The first-order chi connectivity index (χ1) is 7.15. The van der Waals surface area contributed by atoms with E-state index >= 15 is 0 Å². The standard InChI is InChI=1S/C12H13BrClN/c1-2-3-4-5-12(15)10-7-6-9(14)8-11(10)13/h1,6-8,12H,3-5,15H2. The van der Waals surface area contributed by atoms with Crippen LogP contribution in [0.5, 0.6) is 0 Å². The van der Waals surface area contributed by atoms with Crippen molar-refractivity contribution in [2.75, 3.05) is 0 Å². The van der Waals surface area contributed by atoms with Crippen LogP contribution in [0.4, 0.5) is 0 Å². The largest absolute Gasteiger partial charge is 0.324 e. The Bertz CT molecular complexity index is 370. The molecule has 2 N–H and O–H groups in total. The maximum Gasteiger partial charge on any atom is 0.0417 e. The van der Waals surface area contributed by atoms with E-state index in [0.29, 0.717) is 5.02 Å². The average Bonchev–Trinajstić information content (AvgIpc) is 2.17. The van der Waals surface area contributed by atoms with Gasteiger partial charge in [0.2, 0.25) is 0 Å². The number of rotatable bonds is 4. The molecule has 0 fully saturated rings. The van der Waals surface area contributed by atoms with E-state index in [2.05, 4.69) is 21.9 Å². The maximum atomic E-state index is 6.05. The molecule has 1 aromatic rings. The molecular weight excluding hydrogens is 273 g/mol. The number of terminal acetylenes is 1. The Kier molecular flexibility index (Phi) is 5.17. The van der Waals surface area contributed by atoms with Crippen molar-refractivity contribution in [3.05, 3.63) is 33.3 Å². The molecule has 15 heavy (non-hydrogen) atoms. The first-order valence-corrected chi connectivity index (χ1v) is 5.96. The number of unbranched alkanes of at least 4 members (excludes halogenated alkanes) is 1. The highest BCUT2D eigenvalue weighted by Crippen LogP contribution is 2.27. The van der Waals surface area contributed by atoms with Crippen LogP contribution in [0.2, 0.25) is 5.02 Å². The minimum atomic E-state index is 0.0185. The number of hydrogen-bond donors (Lipinski definition) is 1. The van der Waals surface area contributed by atoms with Crippen LogP contribution in [0, 0.1) is 12.3 Å². The van der Waals surface area contributed by atoms with Gasteiger partial charge in [0.1, 0.15) is 0 Å². The molecule has 0 aliphatic carbocycles. The van der Waals surface area contributed by atoms with E-state index in [9.17, 15) is 0 Å². The minimum Gasteiger partial charge on any atom is -0.324 e. The van der Waals surface area contributed by atoms with Gasteiger partial charge in [0.25, 0.3) is 0 Å². The van der Waals surface area contributed by atoms with Gasteiger partial charge in [-0.2, -0.15) is 0 Å². The molecule has 1 atom stereocenters. The molecular formula is C12H13BrClN. The monoisotopic (exact) mass is 285 g/mol. The van der Waals surface area contributed by atoms with Crippen LogP contribution in [-0.4, -0.2) is 0 Å². The molecule has 0 aliphatic heterocycles. The van der Waals surface area contributed by atoms with Gasteiger partial charge in [-0.3, -0.25) is 0 Å². The maximum absolute atomic E-state index is 6.05. The SMILES string of the molecule is C#CCCCC(N)c1ccc(Cl)cc1Br. The third kappa shape index (κ3) is 3.87. The fourth-order valence-corrected chi connectivity index (χ4v) is 2.36. The van der Waals surface area contributed by atoms with Crippen molar-refractivity contribution in [2.45, 2.75) is 25.3 Å². The summed E-state index contributed by atoms with van der Waals surface area (Å²) in [6.07, 6.45) is 7.81. The van der Waals surface area contributed by atoms with E-state index in [1.807, 2.05) is 18.2 Å². The van der Waals surface area contributed by atoms with Gasteiger partial charge in [-0.1, -0.05) is 33.6 Å². The van der Waals surface area contributed by atoms with E-state index in [0.717, 1.165) is 29.3 Å². The topological polar surface area (TPSA) is 26.0 Å². The molecule has 0 aromatic heterocycles. The van der Waals surface area contributed by atoms with Crippen molar-refractivity contribution in [1.29, 1.82) is 0 Å². The molecule has 0 aliphatic rings. The molecule has 1 unspecified atom stereocenters. The van der Waals surface area contributed by atoms with Gasteiger partial charge in [-0.25, -0.2) is 0 Å². The Morgan fingerprint density at radius 3 is 2.87 bits per heavy atom. The van der Waals surface area contributed by atoms with Crippen LogP contribution in [0.1, 0.15) is 30.9 Å². The second kappa shape index (κ2) is 6.17. The number of hydrogen-bond acceptors (Lipinski definition) is 1. The van der Waals surface area contributed by atoms with E-state index in [-0.39, 0.29) is 6.04 Å². The zero-order valence-electron chi connectivity index (χ0n) is 8.34. The van der Waals surface area contributed by atoms with Gasteiger partial charge in [-0.05, 0) is 30.5 Å². The van der Waals surface area contributed by atoms with Crippen molar-refractivity contribution in [3.8, 4) is 12.3 Å². The second-order valence-corrected chi connectivity index (χ2v) is 4.66. The average molecular weight is 287 g/mol. The predicted molar refractivity (Wildman–Crippen MR) is 68.8 cm³/mol. The van der Waals surface area contributed by atoms with Crippen molar-refractivity contribution in [1.82, 2.24) is 0 Å². The zero-order valence-corrected chi connectivity index (χ0v) is 10.7. The highest BCUT2D eigenvalue weighted by atomic mass is 79.9. The highest BCUT2D eigenvalue weighted by Gasteiger charge is 2.09. The second-order valence-electron chi connectivity index (χ2n) is 3.37. The van der Waals surface area contributed by atoms with Crippen LogP contribution in [-0.2, 0) is 0 Å². The lowest BCUT2D eigenvalue weighted by atomic mass is 10.0. The fraction of sp³-hybridized carbons (Fsp3) is 0.333. The first-order valence-electron chi connectivity index (χ1n) is 4.79. The Labute approximate surface area is 104 Å². The van der Waals surface area contributed by atoms with E-state index in [4.69, 9.17) is 23.8 Å². The number of halogens is 2. The molecule has 0 saturated heterocycles. The van der Waals surface area contributed by atoms with Gasteiger partial charge in [0, 0.05) is 22.0 Å². The molecule has 0 heterocycles. The molecule has 3 heteroatoms. The molecule has 0 amide bonds. The smallest absolute Gasteiger partial charge is 0.0417 e. The molecule has 0 bridgehead atoms. The van der Waals surface area contributed by atoms with Gasteiger partial charge in [0.15, 0.2) is 0 Å². The lowest BCUT2D eigenvalue weighted by molar-refractivity contribution is 0.619. The Morgan fingerprint density at radius 2 is 2.27 bits per heavy atom. The Morgan fingerprint density at radius 1 is 1.53 bits per heavy atom. The van der Waals surface area contributed by atoms with Gasteiger partial charge < -0.3 is 5.73 Å². The van der Waals surface area contributed by atoms with E-state index in [1.54, 1.807) is 0 Å². The van der Waals surface area contributed by atoms with Crippen LogP contribution in [0.15, 0.2) is 22.7 Å². The normalized spacial score (nSPS) is 12.1. The fourth-order valence-electron chi connectivity index (χ4n) is 1.38. The van der Waals surface area contributed by atoms with Crippen molar-refractivity contribution in [3.63, 3.8) is 0 Å². The molecule has 0 saturated carbocycles. The summed E-state index contributed by atoms with van der Waals surface area (Å²) in [5.74, 6) is 2.61. The van der Waals surface area contributed by atoms with Crippen LogP contribution >= 0.6 is 27.5 Å². The summed E-state index contributed by atoms with van der Waals surface area (Å²) in [5, 5.41) is 0.710. The molecule has 1 aromatic carbocycles. The van der Waals surface area contributed by atoms with Crippen molar-refractivity contribution in [2.24, 2.45) is 5.73 Å². The molecule has 80 valence electrons. The molecule has 1 rings (SSSR count). The third-order valence-corrected chi connectivity index (χ3v) is 3.12. The Hall–Kier alpha value is -0.490. The van der Waals surface area contributed by atoms with Crippen LogP contribution < -0.4 is 5.73 Å². The number of benzene rings is 1. The van der Waals surface area contributed by atoms with Gasteiger partial charge in [0.05, 0.1) is 0 Å². The predicted octanol–water partition coefficient (Wildman–Crippen LogP) is 3.91. The summed E-state index contributed by atoms with van der Waals surface area (Å²) < 4.78 is 0.961. The van der Waals surface area contributed by atoms with Crippen molar-refractivity contribution < 1.29 is 0 Å². The lowest BCUT2D eigenvalue weighted by Crippen LogP contribution is -2.10. The third-order valence-electron chi connectivity index (χ3n) is 2.20. The molecule has 1 nitrogen and oxygen atoms in total. The summed E-state index contributed by atoms with van der Waals surface area (Å²) in [6, 6.07) is 5.68. The summed E-state index contributed by atoms with van der Waals surface area (Å²) in [5.41, 5.74) is 7.13. The minimum absolute atomic E-state index is 0.0185. The Balaban J connectivity index is 2.66. The summed E-state index contributed by atoms with van der Waals surface area (Å²) >= 11 is 9.30. The van der Waals surface area contributed by atoms with Gasteiger partial charge in [-0.15, -0.1) is 12.3 Å². The van der Waals surface area contributed by atoms with Gasteiger partial charge >= 0.3 is 0 Å². The van der Waals surface area contributed by atoms with Crippen LogP contribution in [0.25, 0.3) is 0 Å². The quantitative estimate of drug-likeness (QED) is 0.659. The summed E-state index contributed by atoms with van der Waals surface area (Å²) in [6.45, 7) is 0. The van der Waals surface area contributed by atoms with Crippen LogP contribution in [0.3, 0.4) is 0 Å².